The second kappa shape index (κ2) is 5.29. The number of nitrogens with zero attached hydrogens (tertiary/aromatic N) is 1. The van der Waals surface area contributed by atoms with Crippen molar-refractivity contribution >= 4 is 6.09 Å². The number of carbonyl (C=O) groups is 1. The van der Waals surface area contributed by atoms with Crippen LogP contribution in [-0.4, -0.2) is 39.4 Å². The van der Waals surface area contributed by atoms with Crippen LogP contribution >= 0.6 is 0 Å². The molecule has 2 saturated heterocycles. The first-order valence-electron chi connectivity index (χ1n) is 7.41. The third kappa shape index (κ3) is 3.27. The number of hydrogen-bond donors (Lipinski definition) is 1. The van der Waals surface area contributed by atoms with Gasteiger partial charge in [-0.3, -0.25) is 0 Å². The Balaban J connectivity index is 2.04. The Morgan fingerprint density at radius 2 is 1.95 bits per heavy atom. The molecule has 2 rings (SSSR count). The monoisotopic (exact) mass is 279 g/mol. The molecular weight excluding hydrogens is 254 g/mol. The van der Waals surface area contributed by atoms with Crippen molar-refractivity contribution in [2.45, 2.75) is 82.6 Å². The maximum atomic E-state index is 12.3. The molecule has 0 spiro atoms. The molecule has 0 aliphatic carbocycles. The van der Waals surface area contributed by atoms with Gasteiger partial charge in [0.05, 0.1) is 5.60 Å². The summed E-state index contributed by atoms with van der Waals surface area (Å²) < 4.78 is 5.48. The van der Waals surface area contributed by atoms with E-state index in [1.165, 1.54) is 0 Å². The van der Waals surface area contributed by atoms with Crippen molar-refractivity contribution in [2.24, 2.45) is 0 Å². The van der Waals surface area contributed by atoms with Gasteiger partial charge in [0.1, 0.15) is 5.60 Å². The number of fused-ring (bicyclic) bond motifs is 2. The molecule has 112 valence electrons. The standard InChI is InChI=1S/C16H25NO3/c1-5-6-9-16(19)10-12-7-8-13(11-16)17(12)14(18)20-15(2,3)4/h1,12-13,19H,6-11H2,2-4H3. The molecular formula is C16H25NO3. The van der Waals surface area contributed by atoms with Crippen LogP contribution in [0.3, 0.4) is 0 Å². The molecule has 2 aliphatic heterocycles. The summed E-state index contributed by atoms with van der Waals surface area (Å²) in [6, 6.07) is 0.178. The first-order valence-corrected chi connectivity index (χ1v) is 7.41. The van der Waals surface area contributed by atoms with Crippen molar-refractivity contribution in [1.82, 2.24) is 4.90 Å². The third-order valence-electron chi connectivity index (χ3n) is 4.19. The molecule has 20 heavy (non-hydrogen) atoms. The summed E-state index contributed by atoms with van der Waals surface area (Å²) in [4.78, 5) is 14.1. The Labute approximate surface area is 121 Å². The minimum atomic E-state index is -0.712. The lowest BCUT2D eigenvalue weighted by molar-refractivity contribution is -0.0617. The van der Waals surface area contributed by atoms with Gasteiger partial charge >= 0.3 is 6.09 Å². The van der Waals surface area contributed by atoms with Gasteiger partial charge < -0.3 is 14.7 Å². The van der Waals surface area contributed by atoms with Crippen LogP contribution < -0.4 is 0 Å². The molecule has 4 heteroatoms. The number of amides is 1. The van der Waals surface area contributed by atoms with Crippen molar-refractivity contribution in [2.75, 3.05) is 0 Å². The summed E-state index contributed by atoms with van der Waals surface area (Å²) in [6.45, 7) is 5.63. The van der Waals surface area contributed by atoms with Gasteiger partial charge in [-0.25, -0.2) is 4.79 Å². The normalized spacial score (nSPS) is 32.9. The topological polar surface area (TPSA) is 49.8 Å². The van der Waals surface area contributed by atoms with Gasteiger partial charge in [-0.15, -0.1) is 12.3 Å². The molecule has 2 heterocycles. The van der Waals surface area contributed by atoms with Gasteiger partial charge in [0, 0.05) is 18.5 Å². The fraction of sp³-hybridized carbons (Fsp3) is 0.812. The first-order chi connectivity index (χ1) is 9.24. The number of aliphatic hydroxyl groups is 1. The van der Waals surface area contributed by atoms with Gasteiger partial charge in [0.2, 0.25) is 0 Å². The van der Waals surface area contributed by atoms with Crippen LogP contribution in [-0.2, 0) is 4.74 Å². The van der Waals surface area contributed by atoms with Gasteiger partial charge in [-0.2, -0.15) is 0 Å². The molecule has 0 aromatic heterocycles. The lowest BCUT2D eigenvalue weighted by atomic mass is 9.83. The van der Waals surface area contributed by atoms with Crippen LogP contribution in [0.25, 0.3) is 0 Å². The van der Waals surface area contributed by atoms with Crippen molar-refractivity contribution in [3.63, 3.8) is 0 Å². The average molecular weight is 279 g/mol. The van der Waals surface area contributed by atoms with Gasteiger partial charge in [-0.05, 0) is 52.9 Å². The maximum absolute atomic E-state index is 12.3. The van der Waals surface area contributed by atoms with Gasteiger partial charge in [0.25, 0.3) is 0 Å². The molecule has 4 nitrogen and oxygen atoms in total. The highest BCUT2D eigenvalue weighted by Crippen LogP contribution is 2.43. The van der Waals surface area contributed by atoms with Crippen molar-refractivity contribution in [3.05, 3.63) is 0 Å². The fourth-order valence-electron chi connectivity index (χ4n) is 3.44. The van der Waals surface area contributed by atoms with Crippen molar-refractivity contribution in [1.29, 1.82) is 0 Å². The van der Waals surface area contributed by atoms with Gasteiger partial charge in [-0.1, -0.05) is 0 Å². The average Bonchev–Trinajstić information content (AvgIpc) is 2.58. The van der Waals surface area contributed by atoms with E-state index < -0.39 is 11.2 Å². The zero-order valence-electron chi connectivity index (χ0n) is 12.7. The van der Waals surface area contributed by atoms with E-state index in [9.17, 15) is 9.90 Å². The Bertz CT molecular complexity index is 404. The highest BCUT2D eigenvalue weighted by Gasteiger charge is 2.49. The van der Waals surface area contributed by atoms with E-state index in [-0.39, 0.29) is 18.2 Å². The molecule has 0 saturated carbocycles. The first kappa shape index (κ1) is 15.2. The van der Waals surface area contributed by atoms with Crippen LogP contribution in [0.4, 0.5) is 4.79 Å². The molecule has 2 atom stereocenters. The minimum Gasteiger partial charge on any atom is -0.444 e. The van der Waals surface area contributed by atoms with Crippen LogP contribution in [0, 0.1) is 12.3 Å². The molecule has 2 fully saturated rings. The Hall–Kier alpha value is -1.21. The molecule has 2 unspecified atom stereocenters. The summed E-state index contributed by atoms with van der Waals surface area (Å²) in [7, 11) is 0. The fourth-order valence-corrected chi connectivity index (χ4v) is 3.44. The molecule has 0 radical (unpaired) electrons. The summed E-state index contributed by atoms with van der Waals surface area (Å²) in [5.41, 5.74) is -1.19. The van der Waals surface area contributed by atoms with Crippen LogP contribution in [0.2, 0.25) is 0 Å². The number of terminal acetylenes is 1. The zero-order chi connectivity index (χ0) is 15.0. The number of carbonyl (C=O) groups excluding carboxylic acids is 1. The molecule has 0 aromatic rings. The summed E-state index contributed by atoms with van der Waals surface area (Å²) >= 11 is 0. The Morgan fingerprint density at radius 1 is 1.40 bits per heavy atom. The third-order valence-corrected chi connectivity index (χ3v) is 4.19. The van der Waals surface area contributed by atoms with E-state index in [0.29, 0.717) is 25.7 Å². The second-order valence-corrected chi connectivity index (χ2v) is 7.11. The summed E-state index contributed by atoms with van der Waals surface area (Å²) in [5, 5.41) is 10.6. The van der Waals surface area contributed by atoms with E-state index in [1.54, 1.807) is 0 Å². The highest BCUT2D eigenvalue weighted by molar-refractivity contribution is 5.69. The molecule has 1 N–H and O–H groups in total. The number of rotatable bonds is 2. The zero-order valence-corrected chi connectivity index (χ0v) is 12.7. The van der Waals surface area contributed by atoms with E-state index in [2.05, 4.69) is 5.92 Å². The molecule has 2 bridgehead atoms. The van der Waals surface area contributed by atoms with E-state index in [0.717, 1.165) is 12.8 Å². The van der Waals surface area contributed by atoms with Crippen LogP contribution in [0.1, 0.15) is 59.3 Å². The smallest absolute Gasteiger partial charge is 0.410 e. The maximum Gasteiger partial charge on any atom is 0.410 e. The Kier molecular flexibility index (Phi) is 4.02. The van der Waals surface area contributed by atoms with Crippen molar-refractivity contribution < 1.29 is 14.6 Å². The second-order valence-electron chi connectivity index (χ2n) is 7.11. The van der Waals surface area contributed by atoms with Crippen molar-refractivity contribution in [3.8, 4) is 12.3 Å². The SMILES string of the molecule is C#CCCC1(O)CC2CCC(C1)N2C(=O)OC(C)(C)C. The van der Waals surface area contributed by atoms with Crippen LogP contribution in [0.15, 0.2) is 0 Å². The summed E-state index contributed by atoms with van der Waals surface area (Å²) in [5.74, 6) is 2.59. The molecule has 2 aliphatic rings. The predicted octanol–water partition coefficient (Wildman–Crippen LogP) is 2.69. The quantitative estimate of drug-likeness (QED) is 0.791. The highest BCUT2D eigenvalue weighted by atomic mass is 16.6. The lowest BCUT2D eigenvalue weighted by Crippen LogP contribution is -2.54. The number of piperidine rings is 1. The molecule has 1 amide bonds. The van der Waals surface area contributed by atoms with E-state index in [4.69, 9.17) is 11.2 Å². The van der Waals surface area contributed by atoms with Crippen LogP contribution in [0.5, 0.6) is 0 Å². The largest absolute Gasteiger partial charge is 0.444 e. The summed E-state index contributed by atoms with van der Waals surface area (Å²) in [6.07, 6.45) is 9.38. The minimum absolute atomic E-state index is 0.0892. The predicted molar refractivity (Wildman–Crippen MR) is 77.1 cm³/mol. The van der Waals surface area contributed by atoms with Gasteiger partial charge in [0.15, 0.2) is 0 Å². The number of hydrogen-bond acceptors (Lipinski definition) is 3. The Morgan fingerprint density at radius 3 is 2.40 bits per heavy atom. The molecule has 0 aromatic carbocycles. The van der Waals surface area contributed by atoms with E-state index in [1.807, 2.05) is 25.7 Å². The number of ether oxygens (including phenoxy) is 1. The lowest BCUT2D eigenvalue weighted by Gasteiger charge is -2.43. The van der Waals surface area contributed by atoms with E-state index >= 15 is 0 Å².